The van der Waals surface area contributed by atoms with Crippen molar-refractivity contribution in [3.63, 3.8) is 0 Å². The molecule has 0 amide bonds. The Morgan fingerprint density at radius 1 is 1.17 bits per heavy atom. The molecule has 1 unspecified atom stereocenters. The van der Waals surface area contributed by atoms with Crippen LogP contribution in [0, 0.1) is 13.8 Å². The van der Waals surface area contributed by atoms with E-state index in [1.165, 1.54) is 57.3 Å². The molecule has 1 aliphatic rings. The monoisotopic (exact) mass is 388 g/mol. The first-order chi connectivity index (χ1) is 14.0. The molecular weight excluding hydrogens is 360 g/mol. The summed E-state index contributed by atoms with van der Waals surface area (Å²) in [6.45, 7) is 9.71. The van der Waals surface area contributed by atoms with E-state index in [1.807, 2.05) is 4.52 Å². The zero-order valence-electron chi connectivity index (χ0n) is 17.6. The molecule has 4 aromatic rings. The number of nitrogens with one attached hydrogen (secondary N) is 1. The Kier molecular flexibility index (Phi) is 4.43. The second kappa shape index (κ2) is 6.99. The molecule has 0 aliphatic carbocycles. The van der Waals surface area contributed by atoms with Crippen LogP contribution in [0.1, 0.15) is 67.4 Å². The molecule has 1 aliphatic heterocycles. The lowest BCUT2D eigenvalue weighted by molar-refractivity contribution is 0.0150. The number of aromatic nitrogens is 4. The highest BCUT2D eigenvalue weighted by Gasteiger charge is 2.22. The number of ether oxygens (including phenoxy) is 1. The lowest BCUT2D eigenvalue weighted by Gasteiger charge is -2.23. The standard InChI is InChI=1S/C24H28N4O/c1-14(2)22-18-11-17(21-7-5-6-10-29-21)8-9-20(18)27-23(22)19-12-28-24(25-13-26-28)16(4)15(19)3/h8-9,11-14,21,27H,5-7,10H2,1-4H3. The second-order valence-corrected chi connectivity index (χ2v) is 8.55. The maximum Gasteiger partial charge on any atom is 0.158 e. The zero-order valence-corrected chi connectivity index (χ0v) is 17.6. The van der Waals surface area contributed by atoms with Gasteiger partial charge in [0.25, 0.3) is 0 Å². The van der Waals surface area contributed by atoms with Crippen molar-refractivity contribution in [3.05, 3.63) is 53.0 Å². The zero-order chi connectivity index (χ0) is 20.1. The highest BCUT2D eigenvalue weighted by atomic mass is 16.5. The Morgan fingerprint density at radius 3 is 2.79 bits per heavy atom. The summed E-state index contributed by atoms with van der Waals surface area (Å²) < 4.78 is 7.93. The number of aryl methyl sites for hydroxylation is 1. The molecule has 1 atom stereocenters. The van der Waals surface area contributed by atoms with Crippen LogP contribution in [-0.2, 0) is 4.74 Å². The summed E-state index contributed by atoms with van der Waals surface area (Å²) in [5, 5.41) is 5.69. The summed E-state index contributed by atoms with van der Waals surface area (Å²) in [7, 11) is 0. The molecule has 5 rings (SSSR count). The Labute approximate surface area is 171 Å². The van der Waals surface area contributed by atoms with Gasteiger partial charge in [0.05, 0.1) is 11.8 Å². The predicted octanol–water partition coefficient (Wildman–Crippen LogP) is 5.86. The van der Waals surface area contributed by atoms with Gasteiger partial charge in [-0.2, -0.15) is 5.10 Å². The van der Waals surface area contributed by atoms with Gasteiger partial charge < -0.3 is 9.72 Å². The maximum absolute atomic E-state index is 6.05. The van der Waals surface area contributed by atoms with Crippen molar-refractivity contribution in [2.24, 2.45) is 0 Å². The number of benzene rings is 1. The van der Waals surface area contributed by atoms with E-state index in [9.17, 15) is 0 Å². The number of hydrogen-bond donors (Lipinski definition) is 1. The molecule has 1 aromatic carbocycles. The Bertz CT molecular complexity index is 1190. The van der Waals surface area contributed by atoms with Crippen molar-refractivity contribution < 1.29 is 4.74 Å². The summed E-state index contributed by atoms with van der Waals surface area (Å²) in [6.07, 6.45) is 7.48. The minimum absolute atomic E-state index is 0.224. The van der Waals surface area contributed by atoms with Gasteiger partial charge in [-0.3, -0.25) is 0 Å². The van der Waals surface area contributed by atoms with Gasteiger partial charge in [-0.1, -0.05) is 19.9 Å². The molecular formula is C24H28N4O. The van der Waals surface area contributed by atoms with E-state index in [4.69, 9.17) is 4.74 Å². The lowest BCUT2D eigenvalue weighted by Crippen LogP contribution is -2.11. The van der Waals surface area contributed by atoms with E-state index < -0.39 is 0 Å². The minimum Gasteiger partial charge on any atom is -0.374 e. The Morgan fingerprint density at radius 2 is 2.03 bits per heavy atom. The van der Waals surface area contributed by atoms with Crippen molar-refractivity contribution in [1.29, 1.82) is 0 Å². The van der Waals surface area contributed by atoms with Gasteiger partial charge in [0.1, 0.15) is 6.33 Å². The van der Waals surface area contributed by atoms with Gasteiger partial charge in [-0.05, 0) is 73.4 Å². The Balaban J connectivity index is 1.72. The fourth-order valence-corrected chi connectivity index (χ4v) is 4.70. The lowest BCUT2D eigenvalue weighted by atomic mass is 9.92. The first-order valence-electron chi connectivity index (χ1n) is 10.6. The van der Waals surface area contributed by atoms with Crippen molar-refractivity contribution >= 4 is 16.6 Å². The van der Waals surface area contributed by atoms with Crippen LogP contribution < -0.4 is 0 Å². The average molecular weight is 389 g/mol. The maximum atomic E-state index is 6.05. The third kappa shape index (κ3) is 2.96. The van der Waals surface area contributed by atoms with E-state index in [1.54, 1.807) is 6.33 Å². The van der Waals surface area contributed by atoms with Gasteiger partial charge in [-0.15, -0.1) is 0 Å². The molecule has 150 valence electrons. The van der Waals surface area contributed by atoms with Gasteiger partial charge >= 0.3 is 0 Å². The molecule has 0 radical (unpaired) electrons. The molecule has 1 N–H and O–H groups in total. The first-order valence-corrected chi connectivity index (χ1v) is 10.6. The van der Waals surface area contributed by atoms with Crippen molar-refractivity contribution in [1.82, 2.24) is 19.6 Å². The van der Waals surface area contributed by atoms with E-state index in [0.717, 1.165) is 18.7 Å². The highest BCUT2D eigenvalue weighted by molar-refractivity contribution is 5.92. The molecule has 3 aromatic heterocycles. The smallest absolute Gasteiger partial charge is 0.158 e. The highest BCUT2D eigenvalue weighted by Crippen LogP contribution is 2.39. The number of H-pyrrole nitrogens is 1. The van der Waals surface area contributed by atoms with Crippen LogP contribution >= 0.6 is 0 Å². The summed E-state index contributed by atoms with van der Waals surface area (Å²) in [4.78, 5) is 8.12. The molecule has 4 heterocycles. The molecule has 0 bridgehead atoms. The average Bonchev–Trinajstić information content (AvgIpc) is 3.35. The molecule has 0 spiro atoms. The van der Waals surface area contributed by atoms with Crippen LogP contribution in [0.5, 0.6) is 0 Å². The number of hydrogen-bond acceptors (Lipinski definition) is 3. The molecule has 1 fully saturated rings. The number of fused-ring (bicyclic) bond motifs is 2. The van der Waals surface area contributed by atoms with Crippen LogP contribution in [-0.4, -0.2) is 26.2 Å². The summed E-state index contributed by atoms with van der Waals surface area (Å²) in [5.41, 5.74) is 9.55. The summed E-state index contributed by atoms with van der Waals surface area (Å²) >= 11 is 0. The molecule has 5 heteroatoms. The van der Waals surface area contributed by atoms with Gasteiger partial charge in [0.2, 0.25) is 0 Å². The SMILES string of the molecule is Cc1c(-c2[nH]c3ccc(C4CCCCO4)cc3c2C(C)C)cn2ncnc2c1C. The number of pyridine rings is 1. The largest absolute Gasteiger partial charge is 0.374 e. The van der Waals surface area contributed by atoms with E-state index >= 15 is 0 Å². The van der Waals surface area contributed by atoms with Gasteiger partial charge in [0, 0.05) is 29.3 Å². The first kappa shape index (κ1) is 18.4. The van der Waals surface area contributed by atoms with Crippen molar-refractivity contribution in [3.8, 4) is 11.3 Å². The van der Waals surface area contributed by atoms with Gasteiger partial charge in [-0.25, -0.2) is 9.50 Å². The summed E-state index contributed by atoms with van der Waals surface area (Å²) in [6, 6.07) is 6.78. The van der Waals surface area contributed by atoms with Crippen LogP contribution in [0.3, 0.4) is 0 Å². The van der Waals surface area contributed by atoms with Crippen LogP contribution in [0.25, 0.3) is 27.8 Å². The van der Waals surface area contributed by atoms with Crippen LogP contribution in [0.15, 0.2) is 30.7 Å². The Hall–Kier alpha value is -2.66. The third-order valence-corrected chi connectivity index (χ3v) is 6.39. The quantitative estimate of drug-likeness (QED) is 0.478. The minimum atomic E-state index is 0.224. The molecule has 0 saturated carbocycles. The van der Waals surface area contributed by atoms with Crippen molar-refractivity contribution in [2.75, 3.05) is 6.61 Å². The van der Waals surface area contributed by atoms with Gasteiger partial charge in [0.15, 0.2) is 5.65 Å². The molecule has 5 nitrogen and oxygen atoms in total. The fourth-order valence-electron chi connectivity index (χ4n) is 4.70. The summed E-state index contributed by atoms with van der Waals surface area (Å²) in [5.74, 6) is 0.396. The number of nitrogens with zero attached hydrogens (tertiary/aromatic N) is 3. The van der Waals surface area contributed by atoms with Crippen LogP contribution in [0.2, 0.25) is 0 Å². The predicted molar refractivity (Wildman–Crippen MR) is 116 cm³/mol. The van der Waals surface area contributed by atoms with E-state index in [2.05, 4.69) is 67.2 Å². The van der Waals surface area contributed by atoms with Crippen molar-refractivity contribution in [2.45, 2.75) is 59.0 Å². The number of aromatic amines is 1. The fraction of sp³-hybridized carbons (Fsp3) is 0.417. The normalized spacial score (nSPS) is 17.6. The van der Waals surface area contributed by atoms with E-state index in [0.29, 0.717) is 5.92 Å². The molecule has 1 saturated heterocycles. The second-order valence-electron chi connectivity index (χ2n) is 8.55. The number of rotatable bonds is 3. The van der Waals surface area contributed by atoms with Crippen LogP contribution in [0.4, 0.5) is 0 Å². The topological polar surface area (TPSA) is 55.2 Å². The molecule has 29 heavy (non-hydrogen) atoms. The third-order valence-electron chi connectivity index (χ3n) is 6.39. The van der Waals surface area contributed by atoms with E-state index in [-0.39, 0.29) is 6.10 Å².